The number of halogens is 2. The fourth-order valence-corrected chi connectivity index (χ4v) is 2.21. The molecule has 0 aliphatic rings. The third-order valence-corrected chi connectivity index (χ3v) is 5.01. The summed E-state index contributed by atoms with van der Waals surface area (Å²) in [5.41, 5.74) is 4.97. The van der Waals surface area contributed by atoms with E-state index in [2.05, 4.69) is 72.7 Å². The van der Waals surface area contributed by atoms with Gasteiger partial charge in [0.15, 0.2) is 0 Å². The highest BCUT2D eigenvalue weighted by atomic mass is 32.1. The molecule has 226 valence electrons. The molecule has 0 aromatic rings. The van der Waals surface area contributed by atoms with Gasteiger partial charge in [-0.05, 0) is 56.9 Å². The van der Waals surface area contributed by atoms with Crippen LogP contribution in [0.1, 0.15) is 122 Å². The maximum Gasteiger partial charge on any atom is 0.293 e. The van der Waals surface area contributed by atoms with Crippen LogP contribution >= 0.6 is 12.6 Å². The summed E-state index contributed by atoms with van der Waals surface area (Å²) >= 11 is 3.21. The van der Waals surface area contributed by atoms with E-state index in [0.29, 0.717) is 6.42 Å². The average molecular weight is 557 g/mol. The third kappa shape index (κ3) is 55.1. The minimum absolute atomic E-state index is 0.352. The molecular formula is C35H66F2S. The van der Waals surface area contributed by atoms with Crippen LogP contribution in [-0.2, 0) is 0 Å². The van der Waals surface area contributed by atoms with Gasteiger partial charge in [0.2, 0.25) is 0 Å². The van der Waals surface area contributed by atoms with Crippen LogP contribution in [0.5, 0.6) is 0 Å². The zero-order valence-corrected chi connectivity index (χ0v) is 28.5. The van der Waals surface area contributed by atoms with Crippen molar-refractivity contribution in [1.29, 1.82) is 0 Å². The molecule has 0 aliphatic carbocycles. The standard InChI is InChI=1S/C10H16F2S.C10H14.C8H18.C3H6.2C2H6/c1-3-4-5-6-7-8-9(2)10(11,12)13;1-5-9(3)7-8-10(4)6-2;1-5-8(4)6-7(2)3;1-3-2;2*1-2/h4-7,9,13H,3,8H2,1-2H3;7-8H,1,4,6H2,2-3H3;7-8H,5-6H2,1-4H3;3H,1H2,2H3;2*1-2H3/b5-4+,7-6-;8-7-;;;;. The van der Waals surface area contributed by atoms with Gasteiger partial charge in [-0.1, -0.05) is 144 Å². The lowest BCUT2D eigenvalue weighted by atomic mass is 9.97. The van der Waals surface area contributed by atoms with Crippen molar-refractivity contribution in [2.75, 3.05) is 0 Å². The Morgan fingerprint density at radius 3 is 1.68 bits per heavy atom. The van der Waals surface area contributed by atoms with Gasteiger partial charge < -0.3 is 0 Å². The number of thiol groups is 1. The van der Waals surface area contributed by atoms with Gasteiger partial charge in [-0.2, -0.15) is 8.78 Å². The zero-order chi connectivity index (χ0) is 31.6. The summed E-state index contributed by atoms with van der Waals surface area (Å²) in [6.45, 7) is 37.3. The second-order valence-corrected chi connectivity index (χ2v) is 9.34. The van der Waals surface area contributed by atoms with Crippen LogP contribution < -0.4 is 0 Å². The van der Waals surface area contributed by atoms with Crippen molar-refractivity contribution in [3.05, 3.63) is 79.1 Å². The fraction of sp³-hybridized carbons (Fsp3) is 0.629. The van der Waals surface area contributed by atoms with Gasteiger partial charge in [0, 0.05) is 5.92 Å². The third-order valence-electron chi connectivity index (χ3n) is 4.57. The van der Waals surface area contributed by atoms with E-state index in [-0.39, 0.29) is 0 Å². The van der Waals surface area contributed by atoms with E-state index in [1.807, 2.05) is 72.8 Å². The van der Waals surface area contributed by atoms with Gasteiger partial charge in [-0.3, -0.25) is 0 Å². The molecule has 0 aromatic heterocycles. The Morgan fingerprint density at radius 1 is 0.947 bits per heavy atom. The first-order valence-electron chi connectivity index (χ1n) is 14.5. The molecule has 0 N–H and O–H groups in total. The van der Waals surface area contributed by atoms with Crippen molar-refractivity contribution in [2.45, 2.75) is 127 Å². The molecule has 0 saturated carbocycles. The summed E-state index contributed by atoms with van der Waals surface area (Å²) in [4.78, 5) is 0. The van der Waals surface area contributed by atoms with Crippen molar-refractivity contribution in [3.63, 3.8) is 0 Å². The van der Waals surface area contributed by atoms with Crippen LogP contribution in [0.25, 0.3) is 0 Å². The lowest BCUT2D eigenvalue weighted by Crippen LogP contribution is -2.17. The Kier molecular flexibility index (Phi) is 51.9. The lowest BCUT2D eigenvalue weighted by Gasteiger charge is -2.15. The van der Waals surface area contributed by atoms with Crippen LogP contribution in [-0.4, -0.2) is 5.25 Å². The summed E-state index contributed by atoms with van der Waals surface area (Å²) < 4.78 is 25.0. The van der Waals surface area contributed by atoms with Gasteiger partial charge in [0.05, 0.1) is 0 Å². The largest absolute Gasteiger partial charge is 0.293 e. The smallest absolute Gasteiger partial charge is 0.194 e. The van der Waals surface area contributed by atoms with E-state index in [1.165, 1.54) is 19.8 Å². The van der Waals surface area contributed by atoms with Crippen LogP contribution in [0.2, 0.25) is 0 Å². The Balaban J connectivity index is -0.0000000918. The number of rotatable bonds is 11. The van der Waals surface area contributed by atoms with Crippen molar-refractivity contribution >= 4 is 12.6 Å². The van der Waals surface area contributed by atoms with E-state index in [4.69, 9.17) is 0 Å². The molecule has 0 rings (SSSR count). The molecule has 3 heteroatoms. The summed E-state index contributed by atoms with van der Waals surface area (Å²) in [7, 11) is 0. The van der Waals surface area contributed by atoms with Gasteiger partial charge in [0.25, 0.3) is 5.25 Å². The van der Waals surface area contributed by atoms with Gasteiger partial charge in [-0.25, -0.2) is 0 Å². The topological polar surface area (TPSA) is 0 Å². The molecule has 0 amide bonds. The summed E-state index contributed by atoms with van der Waals surface area (Å²) in [6, 6.07) is 0. The highest BCUT2D eigenvalue weighted by molar-refractivity contribution is 7.81. The first kappa shape index (κ1) is 49.4. The van der Waals surface area contributed by atoms with E-state index >= 15 is 0 Å². The number of hydrogen-bond donors (Lipinski definition) is 1. The number of allylic oxidation sites excluding steroid dienone is 9. The summed E-state index contributed by atoms with van der Waals surface area (Å²) in [5, 5.41) is -2.88. The van der Waals surface area contributed by atoms with Crippen LogP contribution in [0, 0.1) is 17.8 Å². The lowest BCUT2D eigenvalue weighted by molar-refractivity contribution is 0.0500. The molecule has 2 atom stereocenters. The molecule has 0 nitrogen and oxygen atoms in total. The number of hydrogen-bond acceptors (Lipinski definition) is 1. The molecule has 0 aromatic carbocycles. The Bertz CT molecular complexity index is 612. The molecule has 0 radical (unpaired) electrons. The predicted octanol–water partition coefficient (Wildman–Crippen LogP) is 13.6. The van der Waals surface area contributed by atoms with E-state index in [1.54, 1.807) is 18.2 Å². The maximum absolute atomic E-state index is 12.5. The Morgan fingerprint density at radius 2 is 1.39 bits per heavy atom. The van der Waals surface area contributed by atoms with E-state index in [9.17, 15) is 8.78 Å². The maximum atomic E-state index is 12.5. The first-order chi connectivity index (χ1) is 17.8. The van der Waals surface area contributed by atoms with Crippen LogP contribution in [0.3, 0.4) is 0 Å². The first-order valence-corrected chi connectivity index (χ1v) is 14.9. The molecule has 0 spiro atoms. The molecule has 0 fully saturated rings. The second kappa shape index (κ2) is 39.9. The van der Waals surface area contributed by atoms with Crippen molar-refractivity contribution in [1.82, 2.24) is 0 Å². The normalized spacial score (nSPS) is 11.6. The van der Waals surface area contributed by atoms with E-state index < -0.39 is 11.2 Å². The Hall–Kier alpha value is -1.57. The van der Waals surface area contributed by atoms with Gasteiger partial charge >= 0.3 is 0 Å². The summed E-state index contributed by atoms with van der Waals surface area (Å²) in [5.74, 6) is 1.09. The molecular weight excluding hydrogens is 490 g/mol. The van der Waals surface area contributed by atoms with Crippen LogP contribution in [0.15, 0.2) is 79.1 Å². The monoisotopic (exact) mass is 556 g/mol. The van der Waals surface area contributed by atoms with Gasteiger partial charge in [-0.15, -0.1) is 24.9 Å². The highest BCUT2D eigenvalue weighted by Crippen LogP contribution is 2.30. The minimum atomic E-state index is -2.88. The molecule has 0 saturated heterocycles. The fourth-order valence-electron chi connectivity index (χ4n) is 2.11. The molecule has 0 aliphatic heterocycles. The molecule has 0 bridgehead atoms. The molecule has 38 heavy (non-hydrogen) atoms. The second-order valence-electron chi connectivity index (χ2n) is 8.75. The van der Waals surface area contributed by atoms with Crippen molar-refractivity contribution in [2.24, 2.45) is 17.8 Å². The number of alkyl halides is 2. The SMILES string of the molecule is C=C=C(C)/C=C\C(=C)CC.C=CC.CC.CC.CC/C=C/C=C\CC(C)C(F)(F)S.CCC(C)CC(C)C. The molecule has 0 heterocycles. The average Bonchev–Trinajstić information content (AvgIpc) is 2.89. The van der Waals surface area contributed by atoms with Crippen molar-refractivity contribution < 1.29 is 8.78 Å². The van der Waals surface area contributed by atoms with E-state index in [0.717, 1.165) is 35.8 Å². The highest BCUT2D eigenvalue weighted by Gasteiger charge is 2.30. The Labute approximate surface area is 245 Å². The quantitative estimate of drug-likeness (QED) is 0.111. The van der Waals surface area contributed by atoms with Crippen LogP contribution in [0.4, 0.5) is 8.78 Å². The summed E-state index contributed by atoms with van der Waals surface area (Å²) in [6.07, 6.45) is 18.1. The predicted molar refractivity (Wildman–Crippen MR) is 181 cm³/mol. The van der Waals surface area contributed by atoms with Crippen molar-refractivity contribution in [3.8, 4) is 0 Å². The zero-order valence-electron chi connectivity index (χ0n) is 27.6. The minimum Gasteiger partial charge on any atom is -0.194 e. The molecule has 2 unspecified atom stereocenters. The van der Waals surface area contributed by atoms with Gasteiger partial charge in [0.1, 0.15) is 0 Å².